The number of rotatable bonds is 5. The number of carbonyl (C=O) groups excluding carboxylic acids is 1. The molecule has 8 nitrogen and oxygen atoms in total. The number of amides is 1. The molecule has 2 aliphatic rings. The number of nitrogens with zero attached hydrogens (tertiary/aromatic N) is 2. The molecule has 1 fully saturated rings. The third kappa shape index (κ3) is 5.44. The Balaban J connectivity index is 2.03. The van der Waals surface area contributed by atoms with E-state index < -0.39 is 28.3 Å². The molecule has 0 spiro atoms. The van der Waals surface area contributed by atoms with E-state index in [1.54, 1.807) is 37.9 Å². The standard InChI is InChI=1S/C23H32N2O6S/c1-15-12-25(16(2)14-26)32(29,30)22-10-7-18(6-5-17(3)27)11-20(22)31-21(15)13-24(4)23(28)19-8-9-19/h7,10-11,15-17,19,21,26-27H,8-9,12-14H2,1-4H3/t15-,16+,17-,21-/m0/s1. The molecule has 1 aromatic rings. The largest absolute Gasteiger partial charge is 0.487 e. The number of aliphatic hydroxyl groups excluding tert-OH is 2. The van der Waals surface area contributed by atoms with Crippen LogP contribution < -0.4 is 4.74 Å². The Kier molecular flexibility index (Phi) is 7.50. The second-order valence-electron chi connectivity index (χ2n) is 8.84. The maximum Gasteiger partial charge on any atom is 0.247 e. The predicted molar refractivity (Wildman–Crippen MR) is 119 cm³/mol. The van der Waals surface area contributed by atoms with Crippen LogP contribution in [0.5, 0.6) is 5.75 Å². The summed E-state index contributed by atoms with van der Waals surface area (Å²) in [4.78, 5) is 14.2. The van der Waals surface area contributed by atoms with Crippen molar-refractivity contribution in [3.63, 3.8) is 0 Å². The first kappa shape index (κ1) is 24.5. The summed E-state index contributed by atoms with van der Waals surface area (Å²) >= 11 is 0. The van der Waals surface area contributed by atoms with Crippen molar-refractivity contribution in [3.8, 4) is 17.6 Å². The number of hydrogen-bond donors (Lipinski definition) is 2. The van der Waals surface area contributed by atoms with Gasteiger partial charge in [-0.15, -0.1) is 0 Å². The molecule has 2 N–H and O–H groups in total. The number of ether oxygens (including phenoxy) is 1. The average Bonchev–Trinajstić information content (AvgIpc) is 3.58. The van der Waals surface area contributed by atoms with Crippen LogP contribution >= 0.6 is 0 Å². The summed E-state index contributed by atoms with van der Waals surface area (Å²) < 4.78 is 34.4. The van der Waals surface area contributed by atoms with Crippen LogP contribution in [-0.4, -0.2) is 78.7 Å². The van der Waals surface area contributed by atoms with Crippen molar-refractivity contribution in [2.45, 2.75) is 56.8 Å². The van der Waals surface area contributed by atoms with Gasteiger partial charge in [-0.3, -0.25) is 4.79 Å². The number of hydrogen-bond acceptors (Lipinski definition) is 6. The van der Waals surface area contributed by atoms with Crippen LogP contribution in [0, 0.1) is 23.7 Å². The summed E-state index contributed by atoms with van der Waals surface area (Å²) in [6.45, 7) is 5.25. The zero-order valence-electron chi connectivity index (χ0n) is 19.0. The highest BCUT2D eigenvalue weighted by Gasteiger charge is 2.39. The monoisotopic (exact) mass is 464 g/mol. The third-order valence-corrected chi connectivity index (χ3v) is 7.87. The summed E-state index contributed by atoms with van der Waals surface area (Å²) in [6, 6.07) is 3.95. The maximum atomic E-state index is 13.4. The lowest BCUT2D eigenvalue weighted by Gasteiger charge is -2.37. The van der Waals surface area contributed by atoms with Crippen LogP contribution in [0.2, 0.25) is 0 Å². The van der Waals surface area contributed by atoms with E-state index in [2.05, 4.69) is 11.8 Å². The fourth-order valence-corrected chi connectivity index (χ4v) is 5.54. The van der Waals surface area contributed by atoms with E-state index in [1.807, 2.05) is 6.92 Å². The highest BCUT2D eigenvalue weighted by atomic mass is 32.2. The van der Waals surface area contributed by atoms with E-state index >= 15 is 0 Å². The Morgan fingerprint density at radius 1 is 1.34 bits per heavy atom. The highest BCUT2D eigenvalue weighted by molar-refractivity contribution is 7.89. The zero-order valence-corrected chi connectivity index (χ0v) is 19.8. The van der Waals surface area contributed by atoms with Crippen LogP contribution in [0.3, 0.4) is 0 Å². The molecule has 9 heteroatoms. The summed E-state index contributed by atoms with van der Waals surface area (Å²) in [5.74, 6) is 5.52. The van der Waals surface area contributed by atoms with Crippen LogP contribution in [0.15, 0.2) is 23.1 Å². The lowest BCUT2D eigenvalue weighted by atomic mass is 10.0. The lowest BCUT2D eigenvalue weighted by molar-refractivity contribution is -0.132. The molecule has 1 aliphatic heterocycles. The minimum Gasteiger partial charge on any atom is -0.487 e. The molecule has 0 radical (unpaired) electrons. The van der Waals surface area contributed by atoms with E-state index in [1.165, 1.54) is 10.4 Å². The second-order valence-corrected chi connectivity index (χ2v) is 10.7. The number of fused-ring (bicyclic) bond motifs is 1. The Hall–Kier alpha value is -2.12. The second kappa shape index (κ2) is 9.79. The smallest absolute Gasteiger partial charge is 0.247 e. The minimum atomic E-state index is -3.94. The van der Waals surface area contributed by atoms with Crippen LogP contribution in [0.25, 0.3) is 0 Å². The summed E-state index contributed by atoms with van der Waals surface area (Å²) in [5.41, 5.74) is 0.510. The molecule has 1 aromatic carbocycles. The van der Waals surface area contributed by atoms with Gasteiger partial charge in [-0.1, -0.05) is 18.8 Å². The van der Waals surface area contributed by atoms with Crippen molar-refractivity contribution < 1.29 is 28.2 Å². The Morgan fingerprint density at radius 3 is 2.62 bits per heavy atom. The molecule has 0 aromatic heterocycles. The van der Waals surface area contributed by atoms with Crippen LogP contribution in [0.4, 0.5) is 0 Å². The maximum absolute atomic E-state index is 13.4. The molecule has 0 saturated heterocycles. The van der Waals surface area contributed by atoms with Gasteiger partial charge >= 0.3 is 0 Å². The zero-order chi connectivity index (χ0) is 23.6. The van der Waals surface area contributed by atoms with Gasteiger partial charge in [0.15, 0.2) is 0 Å². The number of aliphatic hydroxyl groups is 2. The fraction of sp³-hybridized carbons (Fsp3) is 0.609. The molecular formula is C23H32N2O6S. The van der Waals surface area contributed by atoms with Crippen molar-refractivity contribution in [1.29, 1.82) is 0 Å². The van der Waals surface area contributed by atoms with E-state index in [9.17, 15) is 23.4 Å². The Morgan fingerprint density at radius 2 is 2.03 bits per heavy atom. The van der Waals surface area contributed by atoms with Crippen molar-refractivity contribution in [2.24, 2.45) is 11.8 Å². The Bertz CT molecular complexity index is 1010. The summed E-state index contributed by atoms with van der Waals surface area (Å²) in [7, 11) is -2.19. The lowest BCUT2D eigenvalue weighted by Crippen LogP contribution is -2.50. The molecule has 176 valence electrons. The fourth-order valence-electron chi connectivity index (χ4n) is 3.71. The summed E-state index contributed by atoms with van der Waals surface area (Å²) in [6.07, 6.45) is 0.527. The topological polar surface area (TPSA) is 107 Å². The van der Waals surface area contributed by atoms with Gasteiger partial charge < -0.3 is 19.8 Å². The number of sulfonamides is 1. The third-order valence-electron chi connectivity index (χ3n) is 5.85. The molecule has 1 saturated carbocycles. The van der Waals surface area contributed by atoms with Gasteiger partial charge in [0.1, 0.15) is 22.9 Å². The van der Waals surface area contributed by atoms with E-state index in [-0.39, 0.29) is 41.5 Å². The molecule has 3 rings (SSSR count). The van der Waals surface area contributed by atoms with Gasteiger partial charge in [-0.25, -0.2) is 8.42 Å². The quantitative estimate of drug-likeness (QED) is 0.631. The van der Waals surface area contributed by atoms with Gasteiger partial charge in [-0.05, 0) is 44.9 Å². The van der Waals surface area contributed by atoms with E-state index in [4.69, 9.17) is 4.74 Å². The normalized spacial score (nSPS) is 24.6. The first-order chi connectivity index (χ1) is 15.0. The van der Waals surface area contributed by atoms with Gasteiger partial charge in [0.05, 0.1) is 13.2 Å². The molecular weight excluding hydrogens is 432 g/mol. The van der Waals surface area contributed by atoms with Crippen molar-refractivity contribution in [1.82, 2.24) is 9.21 Å². The molecule has 1 amide bonds. The predicted octanol–water partition coefficient (Wildman–Crippen LogP) is 1.06. The highest BCUT2D eigenvalue weighted by Crippen LogP contribution is 2.35. The van der Waals surface area contributed by atoms with Crippen molar-refractivity contribution in [2.75, 3.05) is 26.7 Å². The SMILES string of the molecule is C[C@H](O)C#Cc1ccc2c(c1)O[C@@H](CN(C)C(=O)C1CC1)[C@@H](C)CN([C@H](C)CO)S2(=O)=O. The average molecular weight is 465 g/mol. The van der Waals surface area contributed by atoms with Gasteiger partial charge in [0.25, 0.3) is 0 Å². The number of carbonyl (C=O) groups is 1. The number of benzene rings is 1. The van der Waals surface area contributed by atoms with Crippen LogP contribution in [0.1, 0.15) is 39.2 Å². The summed E-state index contributed by atoms with van der Waals surface area (Å²) in [5, 5.41) is 19.2. The van der Waals surface area contributed by atoms with Gasteiger partial charge in [0.2, 0.25) is 15.9 Å². The molecule has 1 heterocycles. The molecule has 4 atom stereocenters. The van der Waals surface area contributed by atoms with Crippen LogP contribution in [-0.2, 0) is 14.8 Å². The van der Waals surface area contributed by atoms with Crippen molar-refractivity contribution >= 4 is 15.9 Å². The Labute approximate surface area is 190 Å². The minimum absolute atomic E-state index is 0.00605. The molecule has 0 bridgehead atoms. The van der Waals surface area contributed by atoms with E-state index in [0.717, 1.165) is 12.8 Å². The first-order valence-corrected chi connectivity index (χ1v) is 12.4. The molecule has 32 heavy (non-hydrogen) atoms. The molecule has 0 unspecified atom stereocenters. The molecule has 1 aliphatic carbocycles. The van der Waals surface area contributed by atoms with Gasteiger partial charge in [-0.2, -0.15) is 4.31 Å². The van der Waals surface area contributed by atoms with E-state index in [0.29, 0.717) is 12.1 Å². The number of likely N-dealkylation sites (N-methyl/N-ethyl adjacent to an activating group) is 1. The van der Waals surface area contributed by atoms with Crippen molar-refractivity contribution in [3.05, 3.63) is 23.8 Å². The first-order valence-electron chi connectivity index (χ1n) is 10.9. The van der Waals surface area contributed by atoms with Gasteiger partial charge in [0, 0.05) is 37.0 Å².